The van der Waals surface area contributed by atoms with Crippen LogP contribution in [0.4, 0.5) is 5.69 Å². The molecule has 2 aromatic rings. The molecule has 0 saturated heterocycles. The summed E-state index contributed by atoms with van der Waals surface area (Å²) >= 11 is 0. The monoisotopic (exact) mass is 245 g/mol. The molecule has 0 aliphatic carbocycles. The average Bonchev–Trinajstić information content (AvgIpc) is 2.78. The molecule has 18 heavy (non-hydrogen) atoms. The van der Waals surface area contributed by atoms with Crippen molar-refractivity contribution in [3.63, 3.8) is 0 Å². The van der Waals surface area contributed by atoms with E-state index in [-0.39, 0.29) is 5.97 Å². The van der Waals surface area contributed by atoms with Gasteiger partial charge in [-0.15, -0.1) is 0 Å². The molecule has 0 aliphatic rings. The molecule has 0 aliphatic heterocycles. The first-order chi connectivity index (χ1) is 8.70. The highest BCUT2D eigenvalue weighted by atomic mass is 16.5. The molecule has 0 unspecified atom stereocenters. The summed E-state index contributed by atoms with van der Waals surface area (Å²) in [6.45, 7) is 0.660. The van der Waals surface area contributed by atoms with Crippen LogP contribution in [0.15, 0.2) is 36.8 Å². The van der Waals surface area contributed by atoms with E-state index in [4.69, 9.17) is 10.5 Å². The second-order valence-corrected chi connectivity index (χ2v) is 3.95. The van der Waals surface area contributed by atoms with Crippen LogP contribution >= 0.6 is 0 Å². The highest BCUT2D eigenvalue weighted by Crippen LogP contribution is 2.13. The minimum Gasteiger partial charge on any atom is -0.464 e. The predicted octanol–water partition coefficient (Wildman–Crippen LogP) is 1.49. The van der Waals surface area contributed by atoms with Gasteiger partial charge in [0.15, 0.2) is 0 Å². The molecule has 5 heteroatoms. The zero-order chi connectivity index (χ0) is 13.0. The lowest BCUT2D eigenvalue weighted by Gasteiger charge is -2.07. The largest absolute Gasteiger partial charge is 0.464 e. The van der Waals surface area contributed by atoms with E-state index in [0.717, 1.165) is 12.0 Å². The number of rotatable bonds is 4. The van der Waals surface area contributed by atoms with Crippen molar-refractivity contribution in [2.24, 2.45) is 0 Å². The molecule has 2 heterocycles. The van der Waals surface area contributed by atoms with Gasteiger partial charge in [0.25, 0.3) is 0 Å². The van der Waals surface area contributed by atoms with Gasteiger partial charge in [-0.2, -0.15) is 0 Å². The van der Waals surface area contributed by atoms with E-state index >= 15 is 0 Å². The van der Waals surface area contributed by atoms with Gasteiger partial charge < -0.3 is 15.0 Å². The zero-order valence-corrected chi connectivity index (χ0v) is 10.2. The summed E-state index contributed by atoms with van der Waals surface area (Å²) in [5, 5.41) is 0. The van der Waals surface area contributed by atoms with Crippen LogP contribution in [0.2, 0.25) is 0 Å². The quantitative estimate of drug-likeness (QED) is 0.828. The highest BCUT2D eigenvalue weighted by Gasteiger charge is 2.12. The van der Waals surface area contributed by atoms with Gasteiger partial charge in [0.05, 0.1) is 12.8 Å². The van der Waals surface area contributed by atoms with Crippen molar-refractivity contribution in [2.75, 3.05) is 12.8 Å². The number of aryl methyl sites for hydroxylation is 2. The summed E-state index contributed by atoms with van der Waals surface area (Å²) in [7, 11) is 1.36. The number of carbonyl (C=O) groups excluding carboxylic acids is 1. The number of esters is 1. The third-order valence-electron chi connectivity index (χ3n) is 2.68. The number of methoxy groups -OCH3 is 1. The first kappa shape index (κ1) is 12.2. The van der Waals surface area contributed by atoms with E-state index in [0.29, 0.717) is 17.9 Å². The number of nitrogens with zero attached hydrogens (tertiary/aromatic N) is 2. The van der Waals surface area contributed by atoms with Crippen molar-refractivity contribution in [3.8, 4) is 0 Å². The Morgan fingerprint density at radius 2 is 2.39 bits per heavy atom. The molecule has 0 atom stereocenters. The van der Waals surface area contributed by atoms with Crippen LogP contribution < -0.4 is 5.73 Å². The second kappa shape index (κ2) is 5.35. The number of anilines is 1. The number of pyridine rings is 1. The van der Waals surface area contributed by atoms with Gasteiger partial charge in [-0.05, 0) is 24.1 Å². The number of ether oxygens (including phenoxy) is 1. The fraction of sp³-hybridized carbons (Fsp3) is 0.231. The number of hydrogen-bond donors (Lipinski definition) is 1. The lowest BCUT2D eigenvalue weighted by Crippen LogP contribution is -2.11. The van der Waals surface area contributed by atoms with Crippen molar-refractivity contribution in [1.82, 2.24) is 9.55 Å². The average molecular weight is 245 g/mol. The summed E-state index contributed by atoms with van der Waals surface area (Å²) in [5.41, 5.74) is 7.84. The maximum Gasteiger partial charge on any atom is 0.354 e. The molecule has 94 valence electrons. The highest BCUT2D eigenvalue weighted by molar-refractivity contribution is 5.88. The topological polar surface area (TPSA) is 70.1 Å². The molecule has 0 saturated carbocycles. The van der Waals surface area contributed by atoms with Crippen LogP contribution in [-0.2, 0) is 17.7 Å². The van der Waals surface area contributed by atoms with E-state index in [9.17, 15) is 4.79 Å². The number of nitrogen functional groups attached to an aromatic ring is 1. The maximum atomic E-state index is 11.5. The Labute approximate surface area is 105 Å². The first-order valence-electron chi connectivity index (χ1n) is 5.63. The summed E-state index contributed by atoms with van der Waals surface area (Å²) in [6, 6.07) is 5.51. The van der Waals surface area contributed by atoms with Gasteiger partial charge >= 0.3 is 5.97 Å². The van der Waals surface area contributed by atoms with Crippen molar-refractivity contribution in [2.45, 2.75) is 13.0 Å². The van der Waals surface area contributed by atoms with E-state index in [2.05, 4.69) is 4.98 Å². The van der Waals surface area contributed by atoms with Crippen molar-refractivity contribution < 1.29 is 9.53 Å². The lowest BCUT2D eigenvalue weighted by molar-refractivity contribution is 0.0588. The molecule has 2 aromatic heterocycles. The van der Waals surface area contributed by atoms with E-state index < -0.39 is 0 Å². The van der Waals surface area contributed by atoms with Crippen LogP contribution in [0.25, 0.3) is 0 Å². The van der Waals surface area contributed by atoms with Crippen LogP contribution in [0, 0.1) is 0 Å². The fourth-order valence-electron chi connectivity index (χ4n) is 1.79. The minimum atomic E-state index is -0.377. The van der Waals surface area contributed by atoms with Crippen molar-refractivity contribution in [3.05, 3.63) is 48.0 Å². The molecule has 2 rings (SSSR count). The standard InChI is InChI=1S/C13H15N3O2/c1-18-13(17)12-7-11(14)9-16(12)6-4-10-3-2-5-15-8-10/h2-3,5,7-9H,4,6,14H2,1H3. The Balaban J connectivity index is 2.12. The van der Waals surface area contributed by atoms with Crippen LogP contribution in [-0.4, -0.2) is 22.6 Å². The molecule has 5 nitrogen and oxygen atoms in total. The van der Waals surface area contributed by atoms with E-state index in [1.165, 1.54) is 7.11 Å². The van der Waals surface area contributed by atoms with Gasteiger partial charge in [0.1, 0.15) is 5.69 Å². The Bertz CT molecular complexity index is 534. The number of hydrogen-bond acceptors (Lipinski definition) is 4. The van der Waals surface area contributed by atoms with E-state index in [1.54, 1.807) is 23.0 Å². The smallest absolute Gasteiger partial charge is 0.354 e. The van der Waals surface area contributed by atoms with Gasteiger partial charge in [-0.3, -0.25) is 4.98 Å². The van der Waals surface area contributed by atoms with Crippen LogP contribution in [0.3, 0.4) is 0 Å². The SMILES string of the molecule is COC(=O)c1cc(N)cn1CCc1cccnc1. The predicted molar refractivity (Wildman–Crippen MR) is 68.1 cm³/mol. The van der Waals surface area contributed by atoms with E-state index in [1.807, 2.05) is 18.3 Å². The third-order valence-corrected chi connectivity index (χ3v) is 2.68. The summed E-state index contributed by atoms with van der Waals surface area (Å²) < 4.78 is 6.51. The first-order valence-corrected chi connectivity index (χ1v) is 5.63. The van der Waals surface area contributed by atoms with Crippen molar-refractivity contribution >= 4 is 11.7 Å². The molecule has 0 fully saturated rings. The van der Waals surface area contributed by atoms with Gasteiger partial charge in [0.2, 0.25) is 0 Å². The number of nitrogens with two attached hydrogens (primary N) is 1. The van der Waals surface area contributed by atoms with Gasteiger partial charge in [0, 0.05) is 25.1 Å². The fourth-order valence-corrected chi connectivity index (χ4v) is 1.79. The van der Waals surface area contributed by atoms with Gasteiger partial charge in [-0.25, -0.2) is 4.79 Å². The zero-order valence-electron chi connectivity index (χ0n) is 10.2. The molecule has 0 bridgehead atoms. The molecular formula is C13H15N3O2. The van der Waals surface area contributed by atoms with Crippen molar-refractivity contribution in [1.29, 1.82) is 0 Å². The Hall–Kier alpha value is -2.30. The molecule has 2 N–H and O–H groups in total. The number of carbonyl (C=O) groups is 1. The minimum absolute atomic E-state index is 0.377. The molecule has 0 aromatic carbocycles. The second-order valence-electron chi connectivity index (χ2n) is 3.95. The maximum absolute atomic E-state index is 11.5. The summed E-state index contributed by atoms with van der Waals surface area (Å²) in [5.74, 6) is -0.377. The summed E-state index contributed by atoms with van der Waals surface area (Å²) in [4.78, 5) is 15.6. The molecule has 0 amide bonds. The Kier molecular flexibility index (Phi) is 3.62. The van der Waals surface area contributed by atoms with Crippen LogP contribution in [0.1, 0.15) is 16.1 Å². The summed E-state index contributed by atoms with van der Waals surface area (Å²) in [6.07, 6.45) is 6.07. The normalized spacial score (nSPS) is 10.3. The van der Waals surface area contributed by atoms with Gasteiger partial charge in [-0.1, -0.05) is 6.07 Å². The third kappa shape index (κ3) is 2.68. The number of aromatic nitrogens is 2. The Morgan fingerprint density at radius 1 is 1.56 bits per heavy atom. The molecule has 0 spiro atoms. The lowest BCUT2D eigenvalue weighted by atomic mass is 10.2. The molecule has 0 radical (unpaired) electrons. The molecular weight excluding hydrogens is 230 g/mol. The van der Waals surface area contributed by atoms with Crippen LogP contribution in [0.5, 0.6) is 0 Å². The Morgan fingerprint density at radius 3 is 3.06 bits per heavy atom.